The zero-order valence-corrected chi connectivity index (χ0v) is 8.74. The first kappa shape index (κ1) is 10.8. The molecule has 0 atom stereocenters. The third-order valence-corrected chi connectivity index (χ3v) is 1.88. The molecule has 0 fully saturated rings. The molecule has 0 saturated carbocycles. The highest BCUT2D eigenvalue weighted by atomic mass is 16.5. The van der Waals surface area contributed by atoms with Crippen LogP contribution in [0.3, 0.4) is 0 Å². The number of phenols is 1. The van der Waals surface area contributed by atoms with Crippen molar-refractivity contribution in [3.05, 3.63) is 23.8 Å². The predicted octanol–water partition coefficient (Wildman–Crippen LogP) is 0.967. The molecule has 0 radical (unpaired) electrons. The molecule has 0 spiro atoms. The van der Waals surface area contributed by atoms with E-state index < -0.39 is 0 Å². The minimum absolute atomic E-state index is 0.249. The van der Waals surface area contributed by atoms with Crippen LogP contribution in [0.15, 0.2) is 18.2 Å². The van der Waals surface area contributed by atoms with Crippen molar-refractivity contribution in [1.82, 2.24) is 10.4 Å². The van der Waals surface area contributed by atoms with Crippen molar-refractivity contribution in [2.75, 3.05) is 21.2 Å². The van der Waals surface area contributed by atoms with Crippen LogP contribution >= 0.6 is 0 Å². The van der Waals surface area contributed by atoms with Gasteiger partial charge >= 0.3 is 0 Å². The maximum Gasteiger partial charge on any atom is 0.123 e. The fourth-order valence-electron chi connectivity index (χ4n) is 1.06. The van der Waals surface area contributed by atoms with Crippen LogP contribution in [-0.2, 0) is 6.54 Å². The Morgan fingerprint density at radius 3 is 2.64 bits per heavy atom. The van der Waals surface area contributed by atoms with E-state index in [1.165, 1.54) is 0 Å². The standard InChI is InChI=1S/C10H16N2O2/c1-12(2)11-7-8-4-5-9(14-3)6-10(8)13/h4-6,11,13H,7H2,1-3H3. The average molecular weight is 196 g/mol. The van der Waals surface area contributed by atoms with Crippen LogP contribution in [0, 0.1) is 0 Å². The summed E-state index contributed by atoms with van der Waals surface area (Å²) < 4.78 is 4.98. The van der Waals surface area contributed by atoms with Gasteiger partial charge < -0.3 is 9.84 Å². The van der Waals surface area contributed by atoms with Gasteiger partial charge in [0.25, 0.3) is 0 Å². The molecule has 0 amide bonds. The van der Waals surface area contributed by atoms with Crippen LogP contribution in [0.1, 0.15) is 5.56 Å². The second-order valence-electron chi connectivity index (χ2n) is 3.22. The molecule has 2 N–H and O–H groups in total. The van der Waals surface area contributed by atoms with Gasteiger partial charge in [-0.25, -0.2) is 0 Å². The fraction of sp³-hybridized carbons (Fsp3) is 0.400. The number of nitrogens with one attached hydrogen (secondary N) is 1. The summed E-state index contributed by atoms with van der Waals surface area (Å²) in [7, 11) is 5.38. The highest BCUT2D eigenvalue weighted by Crippen LogP contribution is 2.22. The molecule has 0 unspecified atom stereocenters. The van der Waals surface area contributed by atoms with Crippen molar-refractivity contribution in [3.63, 3.8) is 0 Å². The molecule has 78 valence electrons. The van der Waals surface area contributed by atoms with Gasteiger partial charge in [-0.1, -0.05) is 6.07 Å². The summed E-state index contributed by atoms with van der Waals surface area (Å²) in [5, 5.41) is 11.4. The van der Waals surface area contributed by atoms with E-state index >= 15 is 0 Å². The summed E-state index contributed by atoms with van der Waals surface area (Å²) in [6.45, 7) is 0.600. The molecule has 0 heterocycles. The molecule has 14 heavy (non-hydrogen) atoms. The van der Waals surface area contributed by atoms with E-state index in [4.69, 9.17) is 4.74 Å². The molecular formula is C10H16N2O2. The Kier molecular flexibility index (Phi) is 3.73. The number of hydrogen-bond donors (Lipinski definition) is 2. The SMILES string of the molecule is COc1ccc(CNN(C)C)c(O)c1. The largest absolute Gasteiger partial charge is 0.507 e. The van der Waals surface area contributed by atoms with E-state index in [0.717, 1.165) is 5.56 Å². The van der Waals surface area contributed by atoms with Crippen molar-refractivity contribution in [1.29, 1.82) is 0 Å². The van der Waals surface area contributed by atoms with Gasteiger partial charge in [0, 0.05) is 32.3 Å². The normalized spacial score (nSPS) is 10.6. The second-order valence-corrected chi connectivity index (χ2v) is 3.22. The first-order valence-corrected chi connectivity index (χ1v) is 4.40. The molecule has 0 aliphatic heterocycles. The number of rotatable bonds is 4. The van der Waals surface area contributed by atoms with Gasteiger partial charge in [0.1, 0.15) is 11.5 Å². The van der Waals surface area contributed by atoms with Crippen LogP contribution in [0.2, 0.25) is 0 Å². The monoisotopic (exact) mass is 196 g/mol. The topological polar surface area (TPSA) is 44.7 Å². The molecule has 1 aromatic rings. The molecule has 0 aromatic heterocycles. The van der Waals surface area contributed by atoms with E-state index in [1.807, 2.05) is 31.2 Å². The summed E-state index contributed by atoms with van der Waals surface area (Å²) in [6, 6.07) is 5.27. The first-order valence-electron chi connectivity index (χ1n) is 4.40. The average Bonchev–Trinajstić information content (AvgIpc) is 2.15. The molecular weight excluding hydrogens is 180 g/mol. The first-order chi connectivity index (χ1) is 6.63. The number of hydrazine groups is 1. The van der Waals surface area contributed by atoms with E-state index in [-0.39, 0.29) is 5.75 Å². The van der Waals surface area contributed by atoms with E-state index in [2.05, 4.69) is 5.43 Å². The van der Waals surface area contributed by atoms with Gasteiger partial charge in [-0.05, 0) is 6.07 Å². The maximum atomic E-state index is 9.60. The smallest absolute Gasteiger partial charge is 0.123 e. The van der Waals surface area contributed by atoms with Crippen LogP contribution in [0.4, 0.5) is 0 Å². The summed E-state index contributed by atoms with van der Waals surface area (Å²) in [5.74, 6) is 0.912. The zero-order valence-electron chi connectivity index (χ0n) is 8.74. The Labute approximate surface area is 84.1 Å². The lowest BCUT2D eigenvalue weighted by atomic mass is 10.2. The van der Waals surface area contributed by atoms with Gasteiger partial charge in [-0.15, -0.1) is 0 Å². The number of phenolic OH excluding ortho intramolecular Hbond substituents is 1. The molecule has 0 saturated heterocycles. The lowest BCUT2D eigenvalue weighted by molar-refractivity contribution is 0.283. The fourth-order valence-corrected chi connectivity index (χ4v) is 1.06. The van der Waals surface area contributed by atoms with Crippen LogP contribution in [0.25, 0.3) is 0 Å². The Balaban J connectivity index is 2.69. The minimum atomic E-state index is 0.249. The molecule has 0 bridgehead atoms. The van der Waals surface area contributed by atoms with E-state index in [9.17, 15) is 5.11 Å². The second kappa shape index (κ2) is 4.83. The van der Waals surface area contributed by atoms with Crippen LogP contribution in [-0.4, -0.2) is 31.3 Å². The minimum Gasteiger partial charge on any atom is -0.507 e. The van der Waals surface area contributed by atoms with E-state index in [1.54, 1.807) is 13.2 Å². The third kappa shape index (κ3) is 2.90. The molecule has 0 aliphatic carbocycles. The van der Waals surface area contributed by atoms with Gasteiger partial charge in [0.2, 0.25) is 0 Å². The lowest BCUT2D eigenvalue weighted by Gasteiger charge is -2.13. The Bertz CT molecular complexity index is 300. The summed E-state index contributed by atoms with van der Waals surface area (Å²) in [6.07, 6.45) is 0. The van der Waals surface area contributed by atoms with Crippen molar-refractivity contribution in [2.45, 2.75) is 6.54 Å². The van der Waals surface area contributed by atoms with Crippen molar-refractivity contribution in [2.24, 2.45) is 0 Å². The molecule has 1 aromatic carbocycles. The number of hydrogen-bond acceptors (Lipinski definition) is 4. The summed E-state index contributed by atoms with van der Waals surface area (Å²) in [5.41, 5.74) is 3.92. The van der Waals surface area contributed by atoms with Crippen molar-refractivity contribution < 1.29 is 9.84 Å². The molecule has 0 aliphatic rings. The van der Waals surface area contributed by atoms with Crippen molar-refractivity contribution >= 4 is 0 Å². The van der Waals surface area contributed by atoms with Gasteiger partial charge in [0.05, 0.1) is 7.11 Å². The van der Waals surface area contributed by atoms with Crippen LogP contribution in [0.5, 0.6) is 11.5 Å². The predicted molar refractivity (Wildman–Crippen MR) is 55.2 cm³/mol. The Hall–Kier alpha value is -1.26. The number of ether oxygens (including phenoxy) is 1. The number of methoxy groups -OCH3 is 1. The van der Waals surface area contributed by atoms with E-state index in [0.29, 0.717) is 12.3 Å². The highest BCUT2D eigenvalue weighted by molar-refractivity contribution is 5.39. The number of benzene rings is 1. The number of nitrogens with zero attached hydrogens (tertiary/aromatic N) is 1. The van der Waals surface area contributed by atoms with Gasteiger partial charge in [0.15, 0.2) is 0 Å². The Morgan fingerprint density at radius 1 is 1.43 bits per heavy atom. The third-order valence-electron chi connectivity index (χ3n) is 1.88. The van der Waals surface area contributed by atoms with Gasteiger partial charge in [-0.3, -0.25) is 10.4 Å². The van der Waals surface area contributed by atoms with Gasteiger partial charge in [-0.2, -0.15) is 0 Å². The number of aromatic hydroxyl groups is 1. The Morgan fingerprint density at radius 2 is 2.14 bits per heavy atom. The van der Waals surface area contributed by atoms with Crippen molar-refractivity contribution in [3.8, 4) is 11.5 Å². The highest BCUT2D eigenvalue weighted by Gasteiger charge is 2.02. The molecule has 4 heteroatoms. The molecule has 1 rings (SSSR count). The lowest BCUT2D eigenvalue weighted by Crippen LogP contribution is -2.29. The summed E-state index contributed by atoms with van der Waals surface area (Å²) >= 11 is 0. The summed E-state index contributed by atoms with van der Waals surface area (Å²) in [4.78, 5) is 0. The quantitative estimate of drug-likeness (QED) is 0.704. The zero-order chi connectivity index (χ0) is 10.6. The maximum absolute atomic E-state index is 9.60. The van der Waals surface area contributed by atoms with Crippen LogP contribution < -0.4 is 10.2 Å². The molecule has 4 nitrogen and oxygen atoms in total.